The van der Waals surface area contributed by atoms with E-state index in [1.807, 2.05) is 56.3 Å². The number of carbonyl (C=O) groups excluding carboxylic acids is 2. The molecule has 1 N–H and O–H groups in total. The van der Waals surface area contributed by atoms with Crippen LogP contribution in [0.1, 0.15) is 16.0 Å². The number of nitrogens with zero attached hydrogens (tertiary/aromatic N) is 1. The topological polar surface area (TPSA) is 49.4 Å². The van der Waals surface area contributed by atoms with E-state index in [2.05, 4.69) is 5.32 Å². The Hall–Kier alpha value is -2.63. The molecule has 4 nitrogen and oxygen atoms in total. The monoisotopic (exact) mass is 412 g/mol. The quantitative estimate of drug-likeness (QED) is 0.579. The third kappa shape index (κ3) is 4.43. The average Bonchev–Trinajstić information content (AvgIpc) is 2.99. The van der Waals surface area contributed by atoms with Crippen molar-refractivity contribution < 1.29 is 9.59 Å². The van der Waals surface area contributed by atoms with Crippen molar-refractivity contribution in [3.63, 3.8) is 0 Å². The maximum Gasteiger partial charge on any atom is 0.246 e. The lowest BCUT2D eigenvalue weighted by molar-refractivity contribution is -0.129. The van der Waals surface area contributed by atoms with Crippen LogP contribution in [0, 0.1) is 13.8 Å². The molecule has 28 heavy (non-hydrogen) atoms. The Balaban J connectivity index is 1.63. The van der Waals surface area contributed by atoms with E-state index in [0.29, 0.717) is 5.02 Å². The molecule has 1 aromatic heterocycles. The van der Waals surface area contributed by atoms with E-state index in [1.165, 1.54) is 22.3 Å². The highest BCUT2D eigenvalue weighted by Gasteiger charge is 2.13. The Labute approximate surface area is 173 Å². The summed E-state index contributed by atoms with van der Waals surface area (Å²) in [5.74, 6) is -0.498. The van der Waals surface area contributed by atoms with Crippen LogP contribution in [0.25, 0.3) is 16.2 Å². The molecule has 0 saturated heterocycles. The molecule has 1 heterocycles. The third-order valence-corrected chi connectivity index (χ3v) is 6.23. The van der Waals surface area contributed by atoms with Gasteiger partial charge in [0.1, 0.15) is 0 Å². The van der Waals surface area contributed by atoms with Crippen molar-refractivity contribution in [3.8, 4) is 0 Å². The van der Waals surface area contributed by atoms with Crippen LogP contribution < -0.4 is 5.32 Å². The minimum atomic E-state index is -0.260. The summed E-state index contributed by atoms with van der Waals surface area (Å²) in [6, 6.07) is 13.6. The number of rotatable bonds is 5. The van der Waals surface area contributed by atoms with E-state index < -0.39 is 0 Å². The molecule has 6 heteroatoms. The second kappa shape index (κ2) is 8.59. The zero-order valence-corrected chi connectivity index (χ0v) is 17.5. The average molecular weight is 413 g/mol. The lowest BCUT2D eigenvalue weighted by Gasteiger charge is -2.16. The highest BCUT2D eigenvalue weighted by Crippen LogP contribution is 2.35. The number of anilines is 1. The molecule has 0 aliphatic heterocycles. The van der Waals surface area contributed by atoms with Crippen molar-refractivity contribution in [3.05, 3.63) is 69.6 Å². The maximum absolute atomic E-state index is 12.4. The zero-order chi connectivity index (χ0) is 20.3. The molecule has 0 aliphatic carbocycles. The summed E-state index contributed by atoms with van der Waals surface area (Å²) in [6.45, 7) is 3.92. The van der Waals surface area contributed by atoms with Crippen molar-refractivity contribution in [2.45, 2.75) is 13.8 Å². The summed E-state index contributed by atoms with van der Waals surface area (Å²) in [5.41, 5.74) is 2.88. The van der Waals surface area contributed by atoms with Crippen molar-refractivity contribution >= 4 is 56.6 Å². The van der Waals surface area contributed by atoms with Crippen molar-refractivity contribution in [1.29, 1.82) is 0 Å². The maximum atomic E-state index is 12.4. The molecule has 3 aromatic rings. The molecule has 0 spiro atoms. The minimum Gasteiger partial charge on any atom is -0.333 e. The molecular weight excluding hydrogens is 392 g/mol. The third-order valence-electron chi connectivity index (χ3n) is 4.57. The van der Waals surface area contributed by atoms with Gasteiger partial charge < -0.3 is 10.2 Å². The molecule has 0 bridgehead atoms. The lowest BCUT2D eigenvalue weighted by atomic mass is 10.1. The van der Waals surface area contributed by atoms with Gasteiger partial charge in [0.15, 0.2) is 0 Å². The predicted molar refractivity (Wildman–Crippen MR) is 118 cm³/mol. The molecule has 0 atom stereocenters. The molecule has 144 valence electrons. The van der Waals surface area contributed by atoms with Gasteiger partial charge in [-0.25, -0.2) is 0 Å². The van der Waals surface area contributed by atoms with E-state index in [4.69, 9.17) is 11.6 Å². The first-order valence-corrected chi connectivity index (χ1v) is 10.0. The van der Waals surface area contributed by atoms with Gasteiger partial charge in [-0.15, -0.1) is 11.3 Å². The van der Waals surface area contributed by atoms with Crippen LogP contribution >= 0.6 is 22.9 Å². The summed E-state index contributed by atoms with van der Waals surface area (Å²) in [5, 5.41) is 4.47. The number of likely N-dealkylation sites (N-methyl/N-ethyl adjacent to an activating group) is 1. The van der Waals surface area contributed by atoms with E-state index >= 15 is 0 Å². The van der Waals surface area contributed by atoms with E-state index in [9.17, 15) is 9.59 Å². The van der Waals surface area contributed by atoms with E-state index in [-0.39, 0.29) is 18.4 Å². The number of carbonyl (C=O) groups is 2. The Kier molecular flexibility index (Phi) is 6.17. The van der Waals surface area contributed by atoms with Gasteiger partial charge in [-0.2, -0.15) is 0 Å². The second-order valence-electron chi connectivity index (χ2n) is 6.60. The summed E-state index contributed by atoms with van der Waals surface area (Å²) in [6.07, 6.45) is 3.15. The Bertz CT molecular complexity index is 1070. The van der Waals surface area contributed by atoms with E-state index in [1.54, 1.807) is 13.1 Å². The Morgan fingerprint density at radius 1 is 1.14 bits per heavy atom. The summed E-state index contributed by atoms with van der Waals surface area (Å²) >= 11 is 7.92. The van der Waals surface area contributed by atoms with Crippen LogP contribution in [0.5, 0.6) is 0 Å². The van der Waals surface area contributed by atoms with Gasteiger partial charge in [0.05, 0.1) is 11.6 Å². The molecule has 0 saturated carbocycles. The van der Waals surface area contributed by atoms with Crippen molar-refractivity contribution in [2.75, 3.05) is 18.9 Å². The first kappa shape index (κ1) is 20.1. The van der Waals surface area contributed by atoms with Crippen LogP contribution in [0.3, 0.4) is 0 Å². The molecule has 2 aromatic carbocycles. The molecule has 0 radical (unpaired) electrons. The molecule has 2 amide bonds. The van der Waals surface area contributed by atoms with Crippen LogP contribution in [0.4, 0.5) is 5.69 Å². The fraction of sp³-hybridized carbons (Fsp3) is 0.182. The van der Waals surface area contributed by atoms with Crippen LogP contribution in [-0.4, -0.2) is 30.3 Å². The summed E-state index contributed by atoms with van der Waals surface area (Å²) in [4.78, 5) is 26.9. The number of nitrogens with one attached hydrogen (secondary N) is 1. The summed E-state index contributed by atoms with van der Waals surface area (Å²) < 4.78 is 1.07. The van der Waals surface area contributed by atoms with Gasteiger partial charge in [-0.3, -0.25) is 9.59 Å². The highest BCUT2D eigenvalue weighted by atomic mass is 35.5. The van der Waals surface area contributed by atoms with Crippen LogP contribution in [-0.2, 0) is 9.59 Å². The van der Waals surface area contributed by atoms with Crippen LogP contribution in [0.2, 0.25) is 5.02 Å². The normalized spacial score (nSPS) is 11.1. The van der Waals surface area contributed by atoms with Gasteiger partial charge in [-0.05, 0) is 43.2 Å². The molecule has 0 unspecified atom stereocenters. The lowest BCUT2D eigenvalue weighted by Crippen LogP contribution is -2.34. The van der Waals surface area contributed by atoms with Gasteiger partial charge >= 0.3 is 0 Å². The predicted octanol–water partition coefficient (Wildman–Crippen LogP) is 5.28. The fourth-order valence-electron chi connectivity index (χ4n) is 2.78. The number of fused-ring (bicyclic) bond motifs is 1. The van der Waals surface area contributed by atoms with Gasteiger partial charge in [0.2, 0.25) is 11.8 Å². The largest absolute Gasteiger partial charge is 0.333 e. The van der Waals surface area contributed by atoms with E-state index in [0.717, 1.165) is 31.8 Å². The second-order valence-corrected chi connectivity index (χ2v) is 8.06. The first-order valence-electron chi connectivity index (χ1n) is 8.83. The smallest absolute Gasteiger partial charge is 0.246 e. The van der Waals surface area contributed by atoms with Gasteiger partial charge in [0.25, 0.3) is 0 Å². The first-order chi connectivity index (χ1) is 13.4. The SMILES string of the molecule is Cc1cccc(NC(=O)CN(C)C(=O)C=Cc2sc3ccccc3c2Cl)c1C. The number of aryl methyl sites for hydroxylation is 1. The van der Waals surface area contributed by atoms with Crippen LogP contribution in [0.15, 0.2) is 48.5 Å². The number of benzene rings is 2. The minimum absolute atomic E-state index is 0.0310. The summed E-state index contributed by atoms with van der Waals surface area (Å²) in [7, 11) is 1.60. The zero-order valence-electron chi connectivity index (χ0n) is 16.0. The van der Waals surface area contributed by atoms with Crippen molar-refractivity contribution in [1.82, 2.24) is 4.90 Å². The number of hydrogen-bond acceptors (Lipinski definition) is 3. The number of hydrogen-bond donors (Lipinski definition) is 1. The fourth-order valence-corrected chi connectivity index (χ4v) is 4.18. The van der Waals surface area contributed by atoms with Crippen molar-refractivity contribution in [2.24, 2.45) is 0 Å². The highest BCUT2D eigenvalue weighted by molar-refractivity contribution is 7.20. The number of amides is 2. The molecule has 0 fully saturated rings. The number of thiophene rings is 1. The Morgan fingerprint density at radius 3 is 2.64 bits per heavy atom. The Morgan fingerprint density at radius 2 is 1.89 bits per heavy atom. The standard InChI is InChI=1S/C22H21ClN2O2S/c1-14-7-6-9-17(15(14)2)24-20(26)13-25(3)21(27)12-11-19-22(23)16-8-4-5-10-18(16)28-19/h4-12H,13H2,1-3H3,(H,24,26). The number of halogens is 1. The van der Waals surface area contributed by atoms with Gasteiger partial charge in [0, 0.05) is 33.8 Å². The molecular formula is C22H21ClN2O2S. The molecule has 3 rings (SSSR count). The molecule has 0 aliphatic rings. The van der Waals surface area contributed by atoms with Gasteiger partial charge in [-0.1, -0.05) is 41.9 Å².